The van der Waals surface area contributed by atoms with Crippen LogP contribution in [0.1, 0.15) is 34.9 Å². The minimum Gasteiger partial charge on any atom is -0.369 e. The Kier molecular flexibility index (Phi) is 6.64. The highest BCUT2D eigenvalue weighted by molar-refractivity contribution is 5.77. The molecule has 2 aromatic heterocycles. The minimum atomic E-state index is -0.978. The van der Waals surface area contributed by atoms with Gasteiger partial charge in [0.25, 0.3) is 5.56 Å². The Morgan fingerprint density at radius 3 is 2.64 bits per heavy atom. The van der Waals surface area contributed by atoms with Gasteiger partial charge >= 0.3 is 0 Å². The number of benzene rings is 2. The van der Waals surface area contributed by atoms with Crippen molar-refractivity contribution in [3.8, 4) is 11.3 Å². The topological polar surface area (TPSA) is 83.3 Å². The van der Waals surface area contributed by atoms with Crippen molar-refractivity contribution in [1.29, 1.82) is 0 Å². The zero-order valence-electron chi connectivity index (χ0n) is 20.3. The summed E-state index contributed by atoms with van der Waals surface area (Å²) >= 11 is 0. The van der Waals surface area contributed by atoms with E-state index in [1.165, 1.54) is 10.1 Å². The van der Waals surface area contributed by atoms with Gasteiger partial charge in [0.05, 0.1) is 0 Å². The molecule has 5 rings (SSSR count). The molecular formula is C29H29N5O2. The van der Waals surface area contributed by atoms with Crippen LogP contribution in [-0.4, -0.2) is 26.2 Å². The Balaban J connectivity index is 1.50. The number of aliphatic hydroxyl groups excluding tert-OH is 1. The number of hydrogen-bond acceptors (Lipinski definition) is 6. The van der Waals surface area contributed by atoms with Gasteiger partial charge in [0, 0.05) is 43.7 Å². The molecule has 1 aliphatic rings. The number of aliphatic hydroxyl groups is 1. The Morgan fingerprint density at radius 1 is 1.11 bits per heavy atom. The van der Waals surface area contributed by atoms with Crippen molar-refractivity contribution < 1.29 is 5.11 Å². The van der Waals surface area contributed by atoms with Gasteiger partial charge in [-0.2, -0.15) is 0 Å². The first-order valence-corrected chi connectivity index (χ1v) is 12.1. The average Bonchev–Trinajstić information content (AvgIpc) is 3.25. The first-order valence-electron chi connectivity index (χ1n) is 12.1. The molecule has 1 atom stereocenters. The molecule has 1 aliphatic heterocycles. The van der Waals surface area contributed by atoms with Crippen LogP contribution in [0.15, 0.2) is 84.4 Å². The van der Waals surface area contributed by atoms with E-state index >= 15 is 0 Å². The van der Waals surface area contributed by atoms with Crippen molar-refractivity contribution in [3.05, 3.63) is 112 Å². The molecule has 7 nitrogen and oxygen atoms in total. The van der Waals surface area contributed by atoms with Crippen LogP contribution in [0.5, 0.6) is 0 Å². The lowest BCUT2D eigenvalue weighted by molar-refractivity contribution is 0.181. The predicted molar refractivity (Wildman–Crippen MR) is 144 cm³/mol. The maximum absolute atomic E-state index is 13.8. The van der Waals surface area contributed by atoms with Gasteiger partial charge in [-0.05, 0) is 41.7 Å². The number of nitrogens with one attached hydrogen (secondary N) is 1. The SMILES string of the molecule is C=Cc1cccc2c1C(O)N(c1c(-c3ccncc3)nc(NCCCc3ccccc3)n(C)c1=O)C2. The second kappa shape index (κ2) is 10.2. The summed E-state index contributed by atoms with van der Waals surface area (Å²) in [6.07, 6.45) is 5.94. The highest BCUT2D eigenvalue weighted by atomic mass is 16.3. The molecule has 1 unspecified atom stereocenters. The van der Waals surface area contributed by atoms with Gasteiger partial charge in [-0.1, -0.05) is 61.2 Å². The predicted octanol–water partition coefficient (Wildman–Crippen LogP) is 4.54. The van der Waals surface area contributed by atoms with Crippen LogP contribution in [0.25, 0.3) is 17.3 Å². The summed E-state index contributed by atoms with van der Waals surface area (Å²) in [5.74, 6) is 0.488. The van der Waals surface area contributed by atoms with Crippen LogP contribution >= 0.6 is 0 Å². The zero-order chi connectivity index (χ0) is 25.1. The fourth-order valence-corrected chi connectivity index (χ4v) is 4.75. The Bertz CT molecular complexity index is 1430. The molecule has 0 fully saturated rings. The van der Waals surface area contributed by atoms with Gasteiger partial charge in [0.2, 0.25) is 5.95 Å². The summed E-state index contributed by atoms with van der Waals surface area (Å²) in [7, 11) is 1.71. The van der Waals surface area contributed by atoms with E-state index in [4.69, 9.17) is 4.98 Å². The van der Waals surface area contributed by atoms with E-state index in [9.17, 15) is 9.90 Å². The van der Waals surface area contributed by atoms with Gasteiger partial charge in [-0.25, -0.2) is 4.98 Å². The number of aryl methyl sites for hydroxylation is 1. The van der Waals surface area contributed by atoms with E-state index in [0.717, 1.165) is 35.1 Å². The summed E-state index contributed by atoms with van der Waals surface area (Å²) in [6, 6.07) is 19.8. The highest BCUT2D eigenvalue weighted by Crippen LogP contribution is 2.40. The Hall–Kier alpha value is -4.23. The highest BCUT2D eigenvalue weighted by Gasteiger charge is 2.34. The number of fused-ring (bicyclic) bond motifs is 1. The second-order valence-corrected chi connectivity index (χ2v) is 8.87. The lowest BCUT2D eigenvalue weighted by Gasteiger charge is -2.26. The Morgan fingerprint density at radius 2 is 1.89 bits per heavy atom. The van der Waals surface area contributed by atoms with Crippen molar-refractivity contribution in [3.63, 3.8) is 0 Å². The van der Waals surface area contributed by atoms with Crippen LogP contribution < -0.4 is 15.8 Å². The van der Waals surface area contributed by atoms with E-state index < -0.39 is 6.23 Å². The van der Waals surface area contributed by atoms with Crippen molar-refractivity contribution in [2.24, 2.45) is 7.05 Å². The smallest absolute Gasteiger partial charge is 0.278 e. The molecule has 36 heavy (non-hydrogen) atoms. The average molecular weight is 480 g/mol. The molecule has 4 aromatic rings. The molecule has 3 heterocycles. The summed E-state index contributed by atoms with van der Waals surface area (Å²) in [6.45, 7) is 4.95. The van der Waals surface area contributed by atoms with Crippen LogP contribution in [0, 0.1) is 0 Å². The number of pyridine rings is 1. The number of anilines is 2. The van der Waals surface area contributed by atoms with E-state index in [2.05, 4.69) is 29.0 Å². The van der Waals surface area contributed by atoms with Crippen molar-refractivity contribution in [1.82, 2.24) is 14.5 Å². The second-order valence-electron chi connectivity index (χ2n) is 8.87. The van der Waals surface area contributed by atoms with Crippen LogP contribution in [-0.2, 0) is 20.0 Å². The third-order valence-corrected chi connectivity index (χ3v) is 6.62. The molecule has 0 radical (unpaired) electrons. The van der Waals surface area contributed by atoms with Crippen molar-refractivity contribution in [2.75, 3.05) is 16.8 Å². The largest absolute Gasteiger partial charge is 0.369 e. The van der Waals surface area contributed by atoms with Gasteiger partial charge in [0.1, 0.15) is 11.4 Å². The fraction of sp³-hybridized carbons (Fsp3) is 0.207. The standard InChI is InChI=1S/C29H29N5O2/c1-3-21-12-7-13-23-19-34(27(35)24(21)23)26-25(22-14-17-30-18-15-22)32-29(33(2)28(26)36)31-16-8-11-20-9-5-4-6-10-20/h3-7,9-10,12-15,17-18,27,35H,1,8,11,16,19H2,2H3,(H,31,32). The van der Waals surface area contributed by atoms with Gasteiger partial charge < -0.3 is 15.3 Å². The lowest BCUT2D eigenvalue weighted by atomic mass is 10.0. The van der Waals surface area contributed by atoms with Crippen molar-refractivity contribution >= 4 is 17.7 Å². The molecule has 0 saturated carbocycles. The summed E-state index contributed by atoms with van der Waals surface area (Å²) in [5.41, 5.74) is 5.27. The monoisotopic (exact) mass is 479 g/mol. The lowest BCUT2D eigenvalue weighted by Crippen LogP contribution is -2.33. The molecule has 7 heteroatoms. The van der Waals surface area contributed by atoms with Crippen molar-refractivity contribution in [2.45, 2.75) is 25.6 Å². The molecule has 182 valence electrons. The van der Waals surface area contributed by atoms with E-state index in [1.54, 1.807) is 30.4 Å². The van der Waals surface area contributed by atoms with E-state index in [0.29, 0.717) is 30.4 Å². The third-order valence-electron chi connectivity index (χ3n) is 6.62. The first-order chi connectivity index (χ1) is 17.6. The number of aromatic nitrogens is 3. The molecular weight excluding hydrogens is 450 g/mol. The van der Waals surface area contributed by atoms with Crippen LogP contribution in [0.2, 0.25) is 0 Å². The summed E-state index contributed by atoms with van der Waals surface area (Å²) < 4.78 is 1.52. The minimum absolute atomic E-state index is 0.227. The first kappa shape index (κ1) is 23.5. The van der Waals surface area contributed by atoms with Gasteiger partial charge in [-0.15, -0.1) is 0 Å². The molecule has 0 amide bonds. The van der Waals surface area contributed by atoms with Gasteiger partial charge in [-0.3, -0.25) is 14.3 Å². The van der Waals surface area contributed by atoms with Crippen LogP contribution in [0.4, 0.5) is 11.6 Å². The maximum Gasteiger partial charge on any atom is 0.278 e. The number of rotatable bonds is 8. The molecule has 0 aliphatic carbocycles. The van der Waals surface area contributed by atoms with E-state index in [-0.39, 0.29) is 5.56 Å². The Labute approximate surface area is 210 Å². The normalized spacial score (nSPS) is 14.5. The molecule has 0 saturated heterocycles. The molecule has 0 bridgehead atoms. The quantitative estimate of drug-likeness (QED) is 0.361. The molecule has 0 spiro atoms. The van der Waals surface area contributed by atoms with E-state index in [1.807, 2.05) is 48.5 Å². The summed E-state index contributed by atoms with van der Waals surface area (Å²) in [4.78, 5) is 24.5. The molecule has 2 aromatic carbocycles. The van der Waals surface area contributed by atoms with Gasteiger partial charge in [0.15, 0.2) is 6.23 Å². The zero-order valence-corrected chi connectivity index (χ0v) is 20.3. The number of nitrogens with zero attached hydrogens (tertiary/aromatic N) is 4. The fourth-order valence-electron chi connectivity index (χ4n) is 4.75. The molecule has 2 N–H and O–H groups in total. The third kappa shape index (κ3) is 4.41. The summed E-state index contributed by atoms with van der Waals surface area (Å²) in [5, 5.41) is 14.7. The van der Waals surface area contributed by atoms with Crippen LogP contribution in [0.3, 0.4) is 0 Å². The maximum atomic E-state index is 13.8. The number of hydrogen-bond donors (Lipinski definition) is 2.